The Morgan fingerprint density at radius 1 is 1.50 bits per heavy atom. The van der Waals surface area contributed by atoms with Crippen molar-refractivity contribution in [3.8, 4) is 0 Å². The molecule has 1 heterocycles. The van der Waals surface area contributed by atoms with Crippen LogP contribution in [0.5, 0.6) is 0 Å². The number of pyridine rings is 1. The third-order valence-electron chi connectivity index (χ3n) is 1.63. The molecule has 1 aromatic rings. The van der Waals surface area contributed by atoms with Crippen LogP contribution in [0, 0.1) is 6.92 Å². The van der Waals surface area contributed by atoms with Gasteiger partial charge in [-0.2, -0.15) is 3.89 Å². The second-order valence-electron chi connectivity index (χ2n) is 2.74. The molecule has 0 unspecified atom stereocenters. The first-order valence-corrected chi connectivity index (χ1v) is 4.86. The second-order valence-corrected chi connectivity index (χ2v) is 3.37. The monoisotopic (exact) mass is 185 g/mol. The summed E-state index contributed by atoms with van der Waals surface area (Å²) in [5.74, 6) is 0.565. The van der Waals surface area contributed by atoms with E-state index in [0.29, 0.717) is 17.9 Å². The Hall–Kier alpha value is -0.570. The average Bonchev–Trinajstić information content (AvgIpc) is 2.09. The minimum Gasteiger partial charge on any atom is -0.261 e. The molecule has 1 nitrogen and oxygen atoms in total. The van der Waals surface area contributed by atoms with E-state index in [1.165, 1.54) is 5.56 Å². The summed E-state index contributed by atoms with van der Waals surface area (Å²) in [5, 5.41) is 0. The highest BCUT2D eigenvalue weighted by Crippen LogP contribution is 2.06. The van der Waals surface area contributed by atoms with E-state index in [1.807, 2.05) is 25.3 Å². The Morgan fingerprint density at radius 3 is 2.92 bits per heavy atom. The zero-order valence-corrected chi connectivity index (χ0v) is 7.90. The van der Waals surface area contributed by atoms with Crippen LogP contribution in [0.3, 0.4) is 0 Å². The Balaban J connectivity index is 2.37. The SMILES string of the molecule is Cc1ccc(CCCSF)nc1. The van der Waals surface area contributed by atoms with E-state index in [0.717, 1.165) is 18.5 Å². The molecule has 0 aliphatic rings. The van der Waals surface area contributed by atoms with Gasteiger partial charge in [-0.25, -0.2) is 0 Å². The number of aromatic nitrogens is 1. The van der Waals surface area contributed by atoms with Crippen molar-refractivity contribution in [2.75, 3.05) is 5.75 Å². The van der Waals surface area contributed by atoms with Crippen LogP contribution >= 0.6 is 12.1 Å². The molecule has 12 heavy (non-hydrogen) atoms. The molecule has 3 heteroatoms. The molecule has 0 aliphatic heterocycles. The van der Waals surface area contributed by atoms with E-state index in [4.69, 9.17) is 0 Å². The van der Waals surface area contributed by atoms with Crippen molar-refractivity contribution in [2.45, 2.75) is 19.8 Å². The molecule has 0 N–H and O–H groups in total. The number of halogens is 1. The van der Waals surface area contributed by atoms with Gasteiger partial charge in [0.15, 0.2) is 0 Å². The molecule has 0 bridgehead atoms. The summed E-state index contributed by atoms with van der Waals surface area (Å²) in [6.07, 6.45) is 3.58. The van der Waals surface area contributed by atoms with E-state index in [2.05, 4.69) is 4.98 Å². The summed E-state index contributed by atoms with van der Waals surface area (Å²) in [5.41, 5.74) is 2.22. The van der Waals surface area contributed by atoms with Gasteiger partial charge in [0, 0.05) is 29.8 Å². The lowest BCUT2D eigenvalue weighted by molar-refractivity contribution is 0.864. The quantitative estimate of drug-likeness (QED) is 0.669. The Kier molecular flexibility index (Phi) is 4.08. The highest BCUT2D eigenvalue weighted by Gasteiger charge is 1.94. The Morgan fingerprint density at radius 2 is 2.33 bits per heavy atom. The summed E-state index contributed by atoms with van der Waals surface area (Å²) < 4.78 is 11.7. The van der Waals surface area contributed by atoms with Crippen LogP contribution in [0.1, 0.15) is 17.7 Å². The van der Waals surface area contributed by atoms with E-state index in [9.17, 15) is 3.89 Å². The summed E-state index contributed by atoms with van der Waals surface area (Å²) in [6.45, 7) is 2.01. The minimum absolute atomic E-state index is 0.396. The smallest absolute Gasteiger partial charge is 0.0443 e. The van der Waals surface area contributed by atoms with Crippen LogP contribution in [0.25, 0.3) is 0 Å². The Labute approximate surface area is 76.7 Å². The summed E-state index contributed by atoms with van der Waals surface area (Å²) in [6, 6.07) is 4.03. The van der Waals surface area contributed by atoms with Gasteiger partial charge >= 0.3 is 0 Å². The van der Waals surface area contributed by atoms with Crippen LogP contribution < -0.4 is 0 Å². The number of hydrogen-bond donors (Lipinski definition) is 0. The van der Waals surface area contributed by atoms with Gasteiger partial charge in [0.05, 0.1) is 0 Å². The van der Waals surface area contributed by atoms with Crippen molar-refractivity contribution in [1.29, 1.82) is 0 Å². The fourth-order valence-corrected chi connectivity index (χ4v) is 1.21. The van der Waals surface area contributed by atoms with Crippen LogP contribution in [0.15, 0.2) is 18.3 Å². The van der Waals surface area contributed by atoms with E-state index in [-0.39, 0.29) is 0 Å². The largest absolute Gasteiger partial charge is 0.261 e. The first-order chi connectivity index (χ1) is 5.83. The first-order valence-electron chi connectivity index (χ1n) is 3.98. The standard InChI is InChI=1S/C9H12FNS/c1-8-4-5-9(11-7-8)3-2-6-12-10/h4-5,7H,2-3,6H2,1H3. The molecular formula is C9H12FNS. The molecule has 66 valence electrons. The molecule has 1 aromatic heterocycles. The second kappa shape index (κ2) is 5.14. The van der Waals surface area contributed by atoms with E-state index >= 15 is 0 Å². The maximum atomic E-state index is 11.7. The summed E-state index contributed by atoms with van der Waals surface area (Å²) >= 11 is 0.396. The van der Waals surface area contributed by atoms with Gasteiger partial charge in [0.2, 0.25) is 0 Å². The minimum atomic E-state index is 0.396. The van der Waals surface area contributed by atoms with Gasteiger partial charge in [0.25, 0.3) is 0 Å². The number of rotatable bonds is 4. The third-order valence-corrected chi connectivity index (χ3v) is 2.07. The summed E-state index contributed by atoms with van der Waals surface area (Å²) in [7, 11) is 0. The lowest BCUT2D eigenvalue weighted by Gasteiger charge is -1.98. The molecular weight excluding hydrogens is 173 g/mol. The van der Waals surface area contributed by atoms with E-state index < -0.39 is 0 Å². The van der Waals surface area contributed by atoms with Crippen molar-refractivity contribution < 1.29 is 3.89 Å². The van der Waals surface area contributed by atoms with Crippen molar-refractivity contribution in [2.24, 2.45) is 0 Å². The molecule has 1 rings (SSSR count). The first kappa shape index (κ1) is 9.52. The average molecular weight is 185 g/mol. The topological polar surface area (TPSA) is 12.9 Å². The normalized spacial score (nSPS) is 10.2. The van der Waals surface area contributed by atoms with Crippen molar-refractivity contribution in [3.63, 3.8) is 0 Å². The molecule has 0 saturated heterocycles. The predicted molar refractivity (Wildman–Crippen MR) is 50.9 cm³/mol. The van der Waals surface area contributed by atoms with Crippen LogP contribution in [0.2, 0.25) is 0 Å². The van der Waals surface area contributed by atoms with Gasteiger partial charge in [-0.3, -0.25) is 4.98 Å². The molecule has 0 aliphatic carbocycles. The Bertz CT molecular complexity index is 222. The lowest BCUT2D eigenvalue weighted by Crippen LogP contribution is -1.90. The van der Waals surface area contributed by atoms with Crippen molar-refractivity contribution in [3.05, 3.63) is 29.6 Å². The molecule has 0 fully saturated rings. The maximum Gasteiger partial charge on any atom is 0.0443 e. The van der Waals surface area contributed by atoms with Crippen LogP contribution in [0.4, 0.5) is 3.89 Å². The van der Waals surface area contributed by atoms with Gasteiger partial charge < -0.3 is 0 Å². The zero-order chi connectivity index (χ0) is 8.81. The number of hydrogen-bond acceptors (Lipinski definition) is 2. The highest BCUT2D eigenvalue weighted by molar-refractivity contribution is 7.94. The maximum absolute atomic E-state index is 11.7. The number of aryl methyl sites for hydroxylation is 2. The van der Waals surface area contributed by atoms with Crippen molar-refractivity contribution >= 4 is 12.1 Å². The molecule has 0 radical (unpaired) electrons. The highest BCUT2D eigenvalue weighted by atomic mass is 32.2. The molecule has 0 aromatic carbocycles. The number of nitrogens with zero attached hydrogens (tertiary/aromatic N) is 1. The van der Waals surface area contributed by atoms with Crippen molar-refractivity contribution in [1.82, 2.24) is 4.98 Å². The van der Waals surface area contributed by atoms with E-state index in [1.54, 1.807) is 0 Å². The van der Waals surface area contributed by atoms with Crippen LogP contribution in [-0.2, 0) is 6.42 Å². The van der Waals surface area contributed by atoms with Gasteiger partial charge in [-0.15, -0.1) is 0 Å². The third kappa shape index (κ3) is 3.22. The predicted octanol–water partition coefficient (Wildman–Crippen LogP) is 2.94. The van der Waals surface area contributed by atoms with Crippen LogP contribution in [-0.4, -0.2) is 10.7 Å². The molecule has 0 saturated carbocycles. The fraction of sp³-hybridized carbons (Fsp3) is 0.444. The molecule has 0 amide bonds. The van der Waals surface area contributed by atoms with Gasteiger partial charge in [-0.1, -0.05) is 6.07 Å². The lowest BCUT2D eigenvalue weighted by atomic mass is 10.2. The summed E-state index contributed by atoms with van der Waals surface area (Å²) in [4.78, 5) is 4.22. The molecule has 0 spiro atoms. The van der Waals surface area contributed by atoms with Gasteiger partial charge in [-0.05, 0) is 31.4 Å². The van der Waals surface area contributed by atoms with Gasteiger partial charge in [0.1, 0.15) is 0 Å². The molecule has 0 atom stereocenters. The zero-order valence-electron chi connectivity index (χ0n) is 7.09. The fourth-order valence-electron chi connectivity index (χ4n) is 0.954.